The Balaban J connectivity index is 2.75. The molecule has 82 valence electrons. The Labute approximate surface area is 90.9 Å². The zero-order chi connectivity index (χ0) is 11.4. The zero-order valence-corrected chi connectivity index (χ0v) is 10.0. The lowest BCUT2D eigenvalue weighted by atomic mass is 9.80. The lowest BCUT2D eigenvalue weighted by Gasteiger charge is -2.23. The van der Waals surface area contributed by atoms with Crippen molar-refractivity contribution in [3.05, 3.63) is 22.8 Å². The maximum absolute atomic E-state index is 10.1. The van der Waals surface area contributed by atoms with Crippen LogP contribution in [0.4, 0.5) is 0 Å². The molecule has 0 aliphatic carbocycles. The first-order valence-electron chi connectivity index (χ1n) is 5.36. The quantitative estimate of drug-likeness (QED) is 0.707. The van der Waals surface area contributed by atoms with E-state index in [0.29, 0.717) is 5.75 Å². The molecule has 1 N–H and O–H groups in total. The number of phenolic OH excluding ortho intramolecular Hbond substituents is 1. The smallest absolute Gasteiger partial charge is 0.130 e. The maximum Gasteiger partial charge on any atom is 0.130 e. The summed E-state index contributed by atoms with van der Waals surface area (Å²) in [7, 11) is 0. The highest BCUT2D eigenvalue weighted by molar-refractivity contribution is 5.59. The molecule has 2 nitrogen and oxygen atoms in total. The molecule has 1 aromatic rings. The molecule has 0 amide bonds. The summed E-state index contributed by atoms with van der Waals surface area (Å²) in [5, 5.41) is 10.1. The van der Waals surface area contributed by atoms with Crippen LogP contribution in [0.2, 0.25) is 0 Å². The van der Waals surface area contributed by atoms with Gasteiger partial charge in [-0.05, 0) is 38.0 Å². The van der Waals surface area contributed by atoms with Gasteiger partial charge in [0.15, 0.2) is 0 Å². The summed E-state index contributed by atoms with van der Waals surface area (Å²) < 4.78 is 5.83. The second-order valence-corrected chi connectivity index (χ2v) is 5.04. The molecule has 0 saturated carbocycles. The van der Waals surface area contributed by atoms with Gasteiger partial charge in [-0.15, -0.1) is 0 Å². The number of ether oxygens (including phenoxy) is 1. The van der Waals surface area contributed by atoms with E-state index >= 15 is 0 Å². The molecule has 0 saturated heterocycles. The predicted octanol–water partition coefficient (Wildman–Crippen LogP) is 3.07. The highest BCUT2D eigenvalue weighted by atomic mass is 16.5. The molecular weight excluding hydrogens is 188 g/mol. The molecule has 1 unspecified atom stereocenters. The van der Waals surface area contributed by atoms with E-state index < -0.39 is 0 Å². The van der Waals surface area contributed by atoms with Crippen molar-refractivity contribution >= 4 is 0 Å². The summed E-state index contributed by atoms with van der Waals surface area (Å²) in [5.74, 6) is 1.26. The molecule has 2 rings (SSSR count). The van der Waals surface area contributed by atoms with Gasteiger partial charge < -0.3 is 9.84 Å². The van der Waals surface area contributed by atoms with Gasteiger partial charge in [-0.2, -0.15) is 0 Å². The van der Waals surface area contributed by atoms with E-state index in [1.54, 1.807) is 0 Å². The molecule has 0 spiro atoms. The average Bonchev–Trinajstić information content (AvgIpc) is 2.36. The molecule has 0 radical (unpaired) electrons. The van der Waals surface area contributed by atoms with Gasteiger partial charge in [-0.25, -0.2) is 0 Å². The van der Waals surface area contributed by atoms with Crippen LogP contribution in [-0.4, -0.2) is 11.2 Å². The normalized spacial score (nSPS) is 22.3. The lowest BCUT2D eigenvalue weighted by Crippen LogP contribution is -2.29. The minimum atomic E-state index is -0.115. The zero-order valence-electron chi connectivity index (χ0n) is 10.0. The number of fused-ring (bicyclic) bond motifs is 1. The highest BCUT2D eigenvalue weighted by Gasteiger charge is 2.42. The summed E-state index contributed by atoms with van der Waals surface area (Å²) in [6.45, 7) is 10.2. The number of rotatable bonds is 0. The Morgan fingerprint density at radius 2 is 1.87 bits per heavy atom. The third kappa shape index (κ3) is 1.24. The first-order valence-corrected chi connectivity index (χ1v) is 5.36. The Hall–Kier alpha value is -1.18. The fourth-order valence-electron chi connectivity index (χ4n) is 2.24. The van der Waals surface area contributed by atoms with Gasteiger partial charge in [0.05, 0.1) is 0 Å². The molecule has 0 bridgehead atoms. The van der Waals surface area contributed by atoms with E-state index in [-0.39, 0.29) is 11.5 Å². The van der Waals surface area contributed by atoms with Crippen LogP contribution in [0, 0.1) is 13.8 Å². The van der Waals surface area contributed by atoms with Crippen molar-refractivity contribution in [3.63, 3.8) is 0 Å². The summed E-state index contributed by atoms with van der Waals surface area (Å²) in [4.78, 5) is 0. The summed E-state index contributed by atoms with van der Waals surface area (Å²) in [5.41, 5.74) is 2.89. The van der Waals surface area contributed by atoms with Gasteiger partial charge in [0.25, 0.3) is 0 Å². The Bertz CT molecular complexity index is 419. The second-order valence-electron chi connectivity index (χ2n) is 5.04. The van der Waals surface area contributed by atoms with Gasteiger partial charge in [0.2, 0.25) is 0 Å². The fourth-order valence-corrected chi connectivity index (χ4v) is 2.24. The summed E-state index contributed by atoms with van der Waals surface area (Å²) in [6, 6.07) is 1.97. The number of aryl methyl sites for hydroxylation is 2. The van der Waals surface area contributed by atoms with E-state index in [1.165, 1.54) is 0 Å². The van der Waals surface area contributed by atoms with Crippen molar-refractivity contribution in [3.8, 4) is 11.5 Å². The van der Waals surface area contributed by atoms with Crippen LogP contribution in [0.15, 0.2) is 6.07 Å². The van der Waals surface area contributed by atoms with Gasteiger partial charge in [0.1, 0.15) is 17.6 Å². The van der Waals surface area contributed by atoms with Crippen LogP contribution >= 0.6 is 0 Å². The first kappa shape index (κ1) is 10.3. The van der Waals surface area contributed by atoms with Crippen LogP contribution in [0.25, 0.3) is 0 Å². The monoisotopic (exact) mass is 206 g/mol. The molecule has 15 heavy (non-hydrogen) atoms. The summed E-state index contributed by atoms with van der Waals surface area (Å²) in [6.07, 6.45) is 0.110. The number of hydrogen-bond acceptors (Lipinski definition) is 2. The third-order valence-electron chi connectivity index (χ3n) is 3.58. The van der Waals surface area contributed by atoms with Crippen LogP contribution in [-0.2, 0) is 5.41 Å². The molecule has 1 aliphatic heterocycles. The van der Waals surface area contributed by atoms with Crippen molar-refractivity contribution in [2.24, 2.45) is 0 Å². The molecule has 2 heteroatoms. The minimum absolute atomic E-state index is 0.110. The van der Waals surface area contributed by atoms with Crippen LogP contribution in [0.3, 0.4) is 0 Å². The van der Waals surface area contributed by atoms with Crippen molar-refractivity contribution < 1.29 is 9.84 Å². The number of aromatic hydroxyl groups is 1. The van der Waals surface area contributed by atoms with Crippen molar-refractivity contribution in [1.29, 1.82) is 0 Å². The van der Waals surface area contributed by atoms with Crippen LogP contribution in [0.1, 0.15) is 37.5 Å². The first-order chi connectivity index (χ1) is 6.85. The predicted molar refractivity (Wildman–Crippen MR) is 60.7 cm³/mol. The number of benzene rings is 1. The van der Waals surface area contributed by atoms with Gasteiger partial charge in [-0.1, -0.05) is 13.8 Å². The van der Waals surface area contributed by atoms with Crippen molar-refractivity contribution in [1.82, 2.24) is 0 Å². The standard InChI is InChI=1S/C13H18O2/c1-7-6-8(2)12-10(11(7)14)13(4,5)9(3)15-12/h6,9,14H,1-5H3. The van der Waals surface area contributed by atoms with Crippen molar-refractivity contribution in [2.75, 3.05) is 0 Å². The van der Waals surface area contributed by atoms with E-state index in [1.807, 2.05) is 26.8 Å². The van der Waals surface area contributed by atoms with E-state index in [2.05, 4.69) is 13.8 Å². The molecular formula is C13H18O2. The van der Waals surface area contributed by atoms with Gasteiger partial charge in [0, 0.05) is 11.0 Å². The average molecular weight is 206 g/mol. The van der Waals surface area contributed by atoms with Crippen LogP contribution in [0.5, 0.6) is 11.5 Å². The molecule has 1 heterocycles. The Morgan fingerprint density at radius 3 is 2.47 bits per heavy atom. The number of phenols is 1. The maximum atomic E-state index is 10.1. The third-order valence-corrected chi connectivity index (χ3v) is 3.58. The molecule has 1 aromatic carbocycles. The van der Waals surface area contributed by atoms with Gasteiger partial charge >= 0.3 is 0 Å². The minimum Gasteiger partial charge on any atom is -0.507 e. The Morgan fingerprint density at radius 1 is 1.27 bits per heavy atom. The van der Waals surface area contributed by atoms with Crippen LogP contribution < -0.4 is 4.74 Å². The van der Waals surface area contributed by atoms with E-state index in [4.69, 9.17) is 4.74 Å². The van der Waals surface area contributed by atoms with E-state index in [9.17, 15) is 5.11 Å². The fraction of sp³-hybridized carbons (Fsp3) is 0.538. The number of hydrogen-bond donors (Lipinski definition) is 1. The van der Waals surface area contributed by atoms with E-state index in [0.717, 1.165) is 22.4 Å². The molecule has 0 fully saturated rings. The second kappa shape index (κ2) is 2.91. The molecule has 0 aromatic heterocycles. The summed E-state index contributed by atoms with van der Waals surface area (Å²) >= 11 is 0. The Kier molecular flexibility index (Phi) is 2.00. The molecule has 1 aliphatic rings. The molecule has 1 atom stereocenters. The van der Waals surface area contributed by atoms with Crippen molar-refractivity contribution in [2.45, 2.75) is 46.1 Å². The topological polar surface area (TPSA) is 29.5 Å². The lowest BCUT2D eigenvalue weighted by molar-refractivity contribution is 0.184. The largest absolute Gasteiger partial charge is 0.507 e. The highest BCUT2D eigenvalue weighted by Crippen LogP contribution is 2.49. The SMILES string of the molecule is Cc1cc(C)c2c(c1O)C(C)(C)C(C)O2. The van der Waals surface area contributed by atoms with Gasteiger partial charge in [-0.3, -0.25) is 0 Å².